The molecule has 4 rings (SSSR count). The molecular formula is C50H69N15O11S. The van der Waals surface area contributed by atoms with Crippen molar-refractivity contribution in [1.82, 2.24) is 57.5 Å². The van der Waals surface area contributed by atoms with E-state index in [9.17, 15) is 52.7 Å². The second-order valence-corrected chi connectivity index (χ2v) is 19.5. The fourth-order valence-electron chi connectivity index (χ4n) is 7.81. The third-order valence-corrected chi connectivity index (χ3v) is 12.7. The Kier molecular flexibility index (Phi) is 24.1. The molecule has 416 valence electrons. The second kappa shape index (κ2) is 30.3. The first-order chi connectivity index (χ1) is 36.6. The summed E-state index contributed by atoms with van der Waals surface area (Å²) in [5.41, 5.74) is 24.3. The maximum absolute atomic E-state index is 14.1. The molecule has 2 aromatic carbocycles. The quantitative estimate of drug-likeness (QED) is 0.0229. The minimum atomic E-state index is -1.46. The van der Waals surface area contributed by atoms with Crippen LogP contribution in [0.3, 0.4) is 0 Å². The summed E-state index contributed by atoms with van der Waals surface area (Å²) in [5.74, 6) is -9.15. The summed E-state index contributed by atoms with van der Waals surface area (Å²) in [6.45, 7) is 3.90. The summed E-state index contributed by atoms with van der Waals surface area (Å²) >= 11 is 1.45. The molecule has 4 aromatic rings. The van der Waals surface area contributed by atoms with Crippen molar-refractivity contribution in [2.75, 3.05) is 18.6 Å². The van der Waals surface area contributed by atoms with Crippen LogP contribution in [0.4, 0.5) is 0 Å². The van der Waals surface area contributed by atoms with Crippen LogP contribution in [0.15, 0.2) is 73.3 Å². The van der Waals surface area contributed by atoms with Gasteiger partial charge in [-0.2, -0.15) is 11.8 Å². The average molecular weight is 1090 g/mol. The molecule has 0 aliphatic rings. The lowest BCUT2D eigenvalue weighted by Gasteiger charge is -2.26. The lowest BCUT2D eigenvalue weighted by atomic mass is 10.0. The molecule has 8 atom stereocenters. The number of hydrogen-bond acceptors (Lipinski definition) is 14. The van der Waals surface area contributed by atoms with Gasteiger partial charge >= 0.3 is 0 Å². The van der Waals surface area contributed by atoms with Crippen LogP contribution in [0.5, 0.6) is 0 Å². The summed E-state index contributed by atoms with van der Waals surface area (Å²) in [5, 5.41) is 21.2. The van der Waals surface area contributed by atoms with Gasteiger partial charge in [-0.25, -0.2) is 4.98 Å². The predicted molar refractivity (Wildman–Crippen MR) is 284 cm³/mol. The Morgan fingerprint density at radius 3 is 1.82 bits per heavy atom. The highest BCUT2D eigenvalue weighted by molar-refractivity contribution is 7.98. The summed E-state index contributed by atoms with van der Waals surface area (Å²) in [4.78, 5) is 155. The van der Waals surface area contributed by atoms with Crippen molar-refractivity contribution < 1.29 is 52.7 Å². The van der Waals surface area contributed by atoms with Gasteiger partial charge < -0.3 is 75.4 Å². The van der Waals surface area contributed by atoms with E-state index in [0.29, 0.717) is 33.5 Å². The Morgan fingerprint density at radius 1 is 0.610 bits per heavy atom. The van der Waals surface area contributed by atoms with E-state index in [1.54, 1.807) is 74.6 Å². The lowest BCUT2D eigenvalue weighted by molar-refractivity contribution is -0.135. The first-order valence-corrected chi connectivity index (χ1v) is 26.0. The van der Waals surface area contributed by atoms with Gasteiger partial charge in [-0.3, -0.25) is 52.7 Å². The van der Waals surface area contributed by atoms with E-state index < -0.39 is 132 Å². The topological polar surface area (TPSA) is 433 Å². The molecule has 26 nitrogen and oxygen atoms in total. The van der Waals surface area contributed by atoms with Gasteiger partial charge in [0.05, 0.1) is 25.3 Å². The molecule has 27 heteroatoms. The van der Waals surface area contributed by atoms with E-state index in [0.717, 1.165) is 0 Å². The Bertz CT molecular complexity index is 2700. The number of nitrogens with two attached hydrogens (primary N) is 4. The molecule has 0 radical (unpaired) electrons. The Balaban J connectivity index is 1.46. The van der Waals surface area contributed by atoms with E-state index in [2.05, 4.69) is 57.5 Å². The van der Waals surface area contributed by atoms with Crippen LogP contribution in [-0.2, 0) is 72.0 Å². The number of amides is 11. The van der Waals surface area contributed by atoms with Crippen molar-refractivity contribution in [3.05, 3.63) is 90.1 Å². The SMILES string of the molecule is CSCC[C@H](NC(=O)[C@H](Cc1ccccc1)NC(=O)[C@H](Cc1cnc[nH]1)NC(=O)CNC(=O)[C@@H](NC(=O)[C@H](C)NC(=O)[C@H](Cc1c[nH]c2ccccc12)NC(=O)[C@H](CCC(N)=O)NC(=O)[C@@H](N)CC(N)=O)C(C)C)C(N)=O. The highest BCUT2D eigenvalue weighted by atomic mass is 32.2. The van der Waals surface area contributed by atoms with Gasteiger partial charge in [0, 0.05) is 54.7 Å². The smallest absolute Gasteiger partial charge is 0.243 e. The van der Waals surface area contributed by atoms with Crippen molar-refractivity contribution in [3.8, 4) is 0 Å². The zero-order valence-electron chi connectivity index (χ0n) is 43.1. The van der Waals surface area contributed by atoms with E-state index in [1.165, 1.54) is 31.2 Å². The number of carbonyl (C=O) groups excluding carboxylic acids is 11. The number of hydrogen-bond donors (Lipinski definition) is 14. The van der Waals surface area contributed by atoms with Gasteiger partial charge in [0.15, 0.2) is 0 Å². The first-order valence-electron chi connectivity index (χ1n) is 24.6. The number of nitrogens with one attached hydrogen (secondary N) is 10. The number of carbonyl (C=O) groups is 11. The molecule has 11 amide bonds. The maximum atomic E-state index is 14.1. The normalized spacial score (nSPS) is 14.2. The third-order valence-electron chi connectivity index (χ3n) is 12.0. The largest absolute Gasteiger partial charge is 0.370 e. The Hall–Kier alpha value is -8.33. The highest BCUT2D eigenvalue weighted by Gasteiger charge is 2.34. The standard InChI is InChI=1S/C50H69N15O11S/c1-26(2)42(50(76)57-24-41(68)60-38(20-30-23-55-25-58-30)49(75)63-36(18-28-10-6-5-7-11-28)48(74)61-34(43(54)69)16-17-77-4)65-44(70)27(3)59-47(73)37(19-29-22-56-33-13-9-8-12-31(29)33)64-46(72)35(14-15-39(52)66)62-45(71)32(51)21-40(53)67/h5-13,22-23,25-27,32,34-38,42,56H,14-21,24,51H2,1-4H3,(H2,52,66)(H2,53,67)(H2,54,69)(H,55,58)(H,57,76)(H,59,73)(H,60,68)(H,61,74)(H,62,71)(H,63,75)(H,64,72)(H,65,70)/t27-,32-,34-,35-,36-,37-,38-,42-/m0/s1. The second-order valence-electron chi connectivity index (χ2n) is 18.5. The Labute approximate surface area is 448 Å². The van der Waals surface area contributed by atoms with Gasteiger partial charge in [-0.15, -0.1) is 0 Å². The summed E-state index contributed by atoms with van der Waals surface area (Å²) < 4.78 is 0. The molecule has 77 heavy (non-hydrogen) atoms. The summed E-state index contributed by atoms with van der Waals surface area (Å²) in [6.07, 6.45) is 5.04. The van der Waals surface area contributed by atoms with Crippen LogP contribution < -0.4 is 65.5 Å². The minimum absolute atomic E-state index is 0.0126. The van der Waals surface area contributed by atoms with Gasteiger partial charge in [-0.1, -0.05) is 62.4 Å². The average Bonchev–Trinajstić information content (AvgIpc) is 4.06. The number of para-hydroxylation sites is 1. The molecule has 0 aliphatic carbocycles. The third kappa shape index (κ3) is 20.0. The van der Waals surface area contributed by atoms with E-state index in [4.69, 9.17) is 22.9 Å². The molecule has 0 saturated heterocycles. The molecule has 0 unspecified atom stereocenters. The van der Waals surface area contributed by atoms with Crippen molar-refractivity contribution in [2.24, 2.45) is 28.9 Å². The number of aromatic amines is 2. The van der Waals surface area contributed by atoms with Gasteiger partial charge in [-0.05, 0) is 54.9 Å². The maximum Gasteiger partial charge on any atom is 0.243 e. The molecule has 2 aromatic heterocycles. The van der Waals surface area contributed by atoms with E-state index >= 15 is 0 Å². The number of imidazole rings is 1. The number of H-pyrrole nitrogens is 2. The number of nitrogens with zero attached hydrogens (tertiary/aromatic N) is 1. The van der Waals surface area contributed by atoms with Crippen LogP contribution >= 0.6 is 11.8 Å². The molecule has 0 spiro atoms. The van der Waals surface area contributed by atoms with Gasteiger partial charge in [0.2, 0.25) is 65.0 Å². The van der Waals surface area contributed by atoms with Gasteiger partial charge in [0.25, 0.3) is 0 Å². The monoisotopic (exact) mass is 1090 g/mol. The number of benzene rings is 2. The lowest BCUT2D eigenvalue weighted by Crippen LogP contribution is -2.59. The summed E-state index contributed by atoms with van der Waals surface area (Å²) in [7, 11) is 0. The number of fused-ring (bicyclic) bond motifs is 1. The zero-order valence-corrected chi connectivity index (χ0v) is 44.0. The van der Waals surface area contributed by atoms with Crippen LogP contribution in [0.1, 0.15) is 63.3 Å². The molecule has 0 saturated carbocycles. The van der Waals surface area contributed by atoms with E-state index in [1.807, 2.05) is 6.26 Å². The summed E-state index contributed by atoms with van der Waals surface area (Å²) in [6, 6.07) is 5.43. The molecule has 0 fully saturated rings. The highest BCUT2D eigenvalue weighted by Crippen LogP contribution is 2.20. The van der Waals surface area contributed by atoms with Gasteiger partial charge in [0.1, 0.15) is 42.3 Å². The molecule has 0 bridgehead atoms. The minimum Gasteiger partial charge on any atom is -0.370 e. The van der Waals surface area contributed by atoms with Crippen LogP contribution in [-0.4, -0.2) is 147 Å². The fourth-order valence-corrected chi connectivity index (χ4v) is 8.28. The van der Waals surface area contributed by atoms with Crippen molar-refractivity contribution in [1.29, 1.82) is 0 Å². The van der Waals surface area contributed by atoms with Crippen molar-refractivity contribution >= 4 is 87.6 Å². The predicted octanol–water partition coefficient (Wildman–Crippen LogP) is -3.19. The molecule has 0 aliphatic heterocycles. The van der Waals surface area contributed by atoms with Crippen LogP contribution in [0, 0.1) is 5.92 Å². The van der Waals surface area contributed by atoms with Crippen LogP contribution in [0.2, 0.25) is 0 Å². The molecule has 18 N–H and O–H groups in total. The van der Waals surface area contributed by atoms with Crippen molar-refractivity contribution in [2.45, 2.75) is 114 Å². The van der Waals surface area contributed by atoms with Crippen molar-refractivity contribution in [3.63, 3.8) is 0 Å². The number of thioether (sulfide) groups is 1. The van der Waals surface area contributed by atoms with E-state index in [-0.39, 0.29) is 38.5 Å². The molecular weight excluding hydrogens is 1020 g/mol. The number of aromatic nitrogens is 3. The number of primary amides is 3. The molecule has 2 heterocycles. The fraction of sp³-hybridized carbons (Fsp3) is 0.440. The first kappa shape index (κ1) is 61.2. The van der Waals surface area contributed by atoms with Crippen LogP contribution in [0.25, 0.3) is 10.9 Å². The zero-order chi connectivity index (χ0) is 56.8. The number of rotatable bonds is 32. The Morgan fingerprint density at radius 2 is 1.21 bits per heavy atom.